The largest absolute Gasteiger partial charge is 0.312 e. The van der Waals surface area contributed by atoms with Crippen LogP contribution in [-0.2, 0) is 16.6 Å². The van der Waals surface area contributed by atoms with Gasteiger partial charge in [0.1, 0.15) is 0 Å². The molecule has 0 saturated carbocycles. The minimum absolute atomic E-state index is 0.487. The van der Waals surface area contributed by atoms with Gasteiger partial charge in [0.05, 0.1) is 4.90 Å². The normalized spacial score (nSPS) is 18.8. The molecule has 0 aromatic carbocycles. The van der Waals surface area contributed by atoms with Crippen LogP contribution in [0.15, 0.2) is 16.3 Å². The number of hydrogen-bond donors (Lipinski definition) is 1. The molecule has 0 bridgehead atoms. The van der Waals surface area contributed by atoms with Gasteiger partial charge in [0.2, 0.25) is 10.0 Å². The second kappa shape index (κ2) is 7.69. The summed E-state index contributed by atoms with van der Waals surface area (Å²) < 4.78 is 27.3. The second-order valence-electron chi connectivity index (χ2n) is 5.45. The van der Waals surface area contributed by atoms with Crippen LogP contribution in [0.3, 0.4) is 0 Å². The van der Waals surface area contributed by atoms with Crippen LogP contribution in [0.25, 0.3) is 0 Å². The van der Waals surface area contributed by atoms with Crippen molar-refractivity contribution >= 4 is 21.4 Å². The van der Waals surface area contributed by atoms with Crippen molar-refractivity contribution in [1.29, 1.82) is 0 Å². The highest BCUT2D eigenvalue weighted by Crippen LogP contribution is 2.25. The molecule has 0 spiro atoms. The number of thiophene rings is 1. The molecule has 0 amide bonds. The topological polar surface area (TPSA) is 52.7 Å². The molecule has 0 radical (unpaired) electrons. The standard InChI is InChI=1S/C14H25N3O2S2/c1-3-6-15-12-13-14(5-11-20-13)21(18,19)17-8-4-7-16(2)9-10-17/h5,11,15H,3-4,6-10,12H2,1-2H3. The fraction of sp³-hybridized carbons (Fsp3) is 0.714. The SMILES string of the molecule is CCCNCc1sccc1S(=O)(=O)N1CCCN(C)CC1. The molecule has 120 valence electrons. The Balaban J connectivity index is 2.13. The van der Waals surface area contributed by atoms with Gasteiger partial charge in [-0.3, -0.25) is 0 Å². The van der Waals surface area contributed by atoms with Gasteiger partial charge in [-0.15, -0.1) is 11.3 Å². The van der Waals surface area contributed by atoms with Crippen molar-refractivity contribution in [3.8, 4) is 0 Å². The molecule has 2 heterocycles. The molecule has 5 nitrogen and oxygen atoms in total. The number of nitrogens with zero attached hydrogens (tertiary/aromatic N) is 2. The molecule has 1 N–H and O–H groups in total. The molecule has 1 fully saturated rings. The molecule has 1 aromatic rings. The lowest BCUT2D eigenvalue weighted by atomic mass is 10.4. The molecule has 0 aliphatic carbocycles. The quantitative estimate of drug-likeness (QED) is 0.804. The fourth-order valence-corrected chi connectivity index (χ4v) is 5.32. The van der Waals surface area contributed by atoms with E-state index in [4.69, 9.17) is 0 Å². The highest BCUT2D eigenvalue weighted by atomic mass is 32.2. The Morgan fingerprint density at radius 1 is 1.29 bits per heavy atom. The van der Waals surface area contributed by atoms with E-state index in [1.807, 2.05) is 12.4 Å². The van der Waals surface area contributed by atoms with Crippen molar-refractivity contribution in [3.63, 3.8) is 0 Å². The van der Waals surface area contributed by atoms with Gasteiger partial charge in [0, 0.05) is 31.1 Å². The Bertz CT molecular complexity index is 542. The van der Waals surface area contributed by atoms with Gasteiger partial charge in [-0.05, 0) is 44.4 Å². The Morgan fingerprint density at radius 2 is 2.10 bits per heavy atom. The third-order valence-electron chi connectivity index (χ3n) is 3.71. The summed E-state index contributed by atoms with van der Waals surface area (Å²) in [6.45, 7) is 6.60. The average molecular weight is 332 g/mol. The van der Waals surface area contributed by atoms with Crippen molar-refractivity contribution in [1.82, 2.24) is 14.5 Å². The van der Waals surface area contributed by atoms with E-state index in [0.29, 0.717) is 24.5 Å². The van der Waals surface area contributed by atoms with E-state index in [1.54, 1.807) is 10.4 Å². The van der Waals surface area contributed by atoms with Crippen LogP contribution in [0.2, 0.25) is 0 Å². The highest BCUT2D eigenvalue weighted by molar-refractivity contribution is 7.89. The van der Waals surface area contributed by atoms with Crippen LogP contribution in [0, 0.1) is 0 Å². The first kappa shape index (κ1) is 16.9. The van der Waals surface area contributed by atoms with E-state index in [9.17, 15) is 8.42 Å². The monoisotopic (exact) mass is 331 g/mol. The maximum absolute atomic E-state index is 12.8. The number of nitrogens with one attached hydrogen (secondary N) is 1. The number of rotatable bonds is 6. The maximum atomic E-state index is 12.8. The first-order chi connectivity index (χ1) is 10.1. The molecule has 0 unspecified atom stereocenters. The lowest BCUT2D eigenvalue weighted by Gasteiger charge is -2.20. The van der Waals surface area contributed by atoms with E-state index >= 15 is 0 Å². The van der Waals surface area contributed by atoms with Gasteiger partial charge in [-0.25, -0.2) is 8.42 Å². The van der Waals surface area contributed by atoms with Crippen molar-refractivity contribution in [3.05, 3.63) is 16.3 Å². The van der Waals surface area contributed by atoms with Gasteiger partial charge < -0.3 is 10.2 Å². The third-order valence-corrected chi connectivity index (χ3v) is 6.75. The van der Waals surface area contributed by atoms with Crippen molar-refractivity contribution in [2.24, 2.45) is 0 Å². The van der Waals surface area contributed by atoms with Crippen molar-refractivity contribution in [2.45, 2.75) is 31.2 Å². The summed E-state index contributed by atoms with van der Waals surface area (Å²) in [4.78, 5) is 3.59. The predicted molar refractivity (Wildman–Crippen MR) is 87.2 cm³/mol. The molecular weight excluding hydrogens is 306 g/mol. The van der Waals surface area contributed by atoms with E-state index in [-0.39, 0.29) is 0 Å². The molecule has 1 aliphatic heterocycles. The van der Waals surface area contributed by atoms with Crippen molar-refractivity contribution < 1.29 is 8.42 Å². The van der Waals surface area contributed by atoms with E-state index < -0.39 is 10.0 Å². The number of hydrogen-bond acceptors (Lipinski definition) is 5. The molecule has 21 heavy (non-hydrogen) atoms. The Hall–Kier alpha value is -0.470. The Labute approximate surface area is 132 Å². The van der Waals surface area contributed by atoms with Gasteiger partial charge in [-0.2, -0.15) is 4.31 Å². The molecular formula is C14H25N3O2S2. The second-order valence-corrected chi connectivity index (χ2v) is 8.35. The molecule has 1 saturated heterocycles. The van der Waals surface area contributed by atoms with Crippen LogP contribution >= 0.6 is 11.3 Å². The van der Waals surface area contributed by atoms with Crippen LogP contribution in [0.5, 0.6) is 0 Å². The maximum Gasteiger partial charge on any atom is 0.244 e. The lowest BCUT2D eigenvalue weighted by molar-refractivity contribution is 0.347. The molecule has 1 aliphatic rings. The molecule has 2 rings (SSSR count). The summed E-state index contributed by atoms with van der Waals surface area (Å²) in [6.07, 6.45) is 1.94. The summed E-state index contributed by atoms with van der Waals surface area (Å²) in [5.41, 5.74) is 0. The summed E-state index contributed by atoms with van der Waals surface area (Å²) >= 11 is 1.52. The van der Waals surface area contributed by atoms with Crippen LogP contribution in [0.4, 0.5) is 0 Å². The smallest absolute Gasteiger partial charge is 0.244 e. The summed E-state index contributed by atoms with van der Waals surface area (Å²) in [5.74, 6) is 0. The average Bonchev–Trinajstić information content (AvgIpc) is 2.81. The van der Waals surface area contributed by atoms with E-state index in [2.05, 4.69) is 17.1 Å². The lowest BCUT2D eigenvalue weighted by Crippen LogP contribution is -2.35. The van der Waals surface area contributed by atoms with Crippen LogP contribution in [0.1, 0.15) is 24.6 Å². The van der Waals surface area contributed by atoms with E-state index in [1.165, 1.54) is 11.3 Å². The van der Waals surface area contributed by atoms with Gasteiger partial charge >= 0.3 is 0 Å². The minimum atomic E-state index is -3.36. The fourth-order valence-electron chi connectivity index (χ4n) is 2.47. The number of sulfonamides is 1. The Kier molecular flexibility index (Phi) is 6.19. The van der Waals surface area contributed by atoms with Gasteiger partial charge in [-0.1, -0.05) is 6.92 Å². The Morgan fingerprint density at radius 3 is 2.86 bits per heavy atom. The minimum Gasteiger partial charge on any atom is -0.312 e. The first-order valence-electron chi connectivity index (χ1n) is 7.51. The predicted octanol–water partition coefficient (Wildman–Crippen LogP) is 1.57. The van der Waals surface area contributed by atoms with Crippen LogP contribution in [-0.4, -0.2) is 57.4 Å². The molecule has 1 aromatic heterocycles. The van der Waals surface area contributed by atoms with Crippen LogP contribution < -0.4 is 5.32 Å². The van der Waals surface area contributed by atoms with Gasteiger partial charge in [0.15, 0.2) is 0 Å². The summed E-state index contributed by atoms with van der Waals surface area (Å²) in [5, 5.41) is 5.17. The van der Waals surface area contributed by atoms with Crippen molar-refractivity contribution in [2.75, 3.05) is 39.8 Å². The number of likely N-dealkylation sites (N-methyl/N-ethyl adjacent to an activating group) is 1. The summed E-state index contributed by atoms with van der Waals surface area (Å²) in [7, 11) is -1.31. The first-order valence-corrected chi connectivity index (χ1v) is 9.83. The van der Waals surface area contributed by atoms with Gasteiger partial charge in [0.25, 0.3) is 0 Å². The zero-order chi connectivity index (χ0) is 15.3. The van der Waals surface area contributed by atoms with E-state index in [0.717, 1.165) is 37.4 Å². The molecule has 0 atom stereocenters. The third kappa shape index (κ3) is 4.26. The molecule has 7 heteroatoms. The zero-order valence-electron chi connectivity index (χ0n) is 12.8. The zero-order valence-corrected chi connectivity index (χ0v) is 14.5. The highest BCUT2D eigenvalue weighted by Gasteiger charge is 2.28. The summed E-state index contributed by atoms with van der Waals surface area (Å²) in [6, 6.07) is 1.75.